The number of ether oxygens (including phenoxy) is 1. The predicted molar refractivity (Wildman–Crippen MR) is 122 cm³/mol. The number of anilines is 1. The van der Waals surface area contributed by atoms with Gasteiger partial charge in [-0.15, -0.1) is 0 Å². The number of carbonyl (C=O) groups is 2. The van der Waals surface area contributed by atoms with Crippen molar-refractivity contribution < 1.29 is 14.3 Å². The van der Waals surface area contributed by atoms with Crippen molar-refractivity contribution in [2.24, 2.45) is 0 Å². The number of benzene rings is 2. The first kappa shape index (κ1) is 21.7. The van der Waals surface area contributed by atoms with Crippen molar-refractivity contribution in [2.75, 3.05) is 38.2 Å². The Morgan fingerprint density at radius 3 is 2.61 bits per heavy atom. The normalized spacial score (nSPS) is 17.7. The Bertz CT molecular complexity index is 959. The molecule has 1 atom stereocenters. The summed E-state index contributed by atoms with van der Waals surface area (Å²) in [7, 11) is 1.67. The summed E-state index contributed by atoms with van der Waals surface area (Å²) in [5.41, 5.74) is 2.13. The van der Waals surface area contributed by atoms with Gasteiger partial charge in [0.05, 0.1) is 24.4 Å². The van der Waals surface area contributed by atoms with Crippen LogP contribution in [0.2, 0.25) is 5.02 Å². The third-order valence-corrected chi connectivity index (χ3v) is 6.34. The highest BCUT2D eigenvalue weighted by Crippen LogP contribution is 2.32. The predicted octanol–water partition coefficient (Wildman–Crippen LogP) is 4.04. The number of hydrogen-bond acceptors (Lipinski definition) is 4. The quantitative estimate of drug-likeness (QED) is 0.704. The molecule has 0 saturated carbocycles. The molecule has 2 aromatic carbocycles. The highest BCUT2D eigenvalue weighted by molar-refractivity contribution is 6.31. The van der Waals surface area contributed by atoms with Crippen molar-refractivity contribution >= 4 is 29.1 Å². The van der Waals surface area contributed by atoms with E-state index >= 15 is 0 Å². The SMILES string of the molecule is COc1ccccc1[C@@H](CNC(=O)c1ccc(Cl)cc1N1CCCC1=O)N1CCCC1. The van der Waals surface area contributed by atoms with Gasteiger partial charge in [0.1, 0.15) is 5.75 Å². The Balaban J connectivity index is 1.57. The number of nitrogens with zero attached hydrogens (tertiary/aromatic N) is 2. The number of rotatable bonds is 7. The van der Waals surface area contributed by atoms with Crippen LogP contribution in [0.25, 0.3) is 0 Å². The second kappa shape index (κ2) is 9.71. The van der Waals surface area contributed by atoms with Gasteiger partial charge in [-0.3, -0.25) is 14.5 Å². The first-order valence-corrected chi connectivity index (χ1v) is 11.2. The van der Waals surface area contributed by atoms with E-state index < -0.39 is 0 Å². The molecule has 2 aromatic rings. The van der Waals surface area contributed by atoms with Crippen molar-refractivity contribution in [3.63, 3.8) is 0 Å². The Kier molecular flexibility index (Phi) is 6.78. The molecule has 1 N–H and O–H groups in total. The van der Waals surface area contributed by atoms with E-state index in [9.17, 15) is 9.59 Å². The molecule has 2 saturated heterocycles. The Morgan fingerprint density at radius 1 is 1.13 bits per heavy atom. The zero-order valence-electron chi connectivity index (χ0n) is 17.8. The Hall–Kier alpha value is -2.57. The van der Waals surface area contributed by atoms with Crippen molar-refractivity contribution in [1.29, 1.82) is 0 Å². The fraction of sp³-hybridized carbons (Fsp3) is 0.417. The second-order valence-electron chi connectivity index (χ2n) is 8.02. The number of methoxy groups -OCH3 is 1. The van der Waals surface area contributed by atoms with Gasteiger partial charge in [0, 0.05) is 30.1 Å². The highest BCUT2D eigenvalue weighted by atomic mass is 35.5. The third-order valence-electron chi connectivity index (χ3n) is 6.10. The lowest BCUT2D eigenvalue weighted by molar-refractivity contribution is -0.117. The standard InChI is InChI=1S/C24H28ClN3O3/c1-31-22-8-3-2-7-18(22)21(27-12-4-5-13-27)16-26-24(30)19-11-10-17(25)15-20(19)28-14-6-9-23(28)29/h2-3,7-8,10-11,15,21H,4-6,9,12-14,16H2,1H3,(H,26,30)/t21-/m1/s1. The molecule has 4 rings (SSSR count). The monoisotopic (exact) mass is 441 g/mol. The molecule has 2 amide bonds. The number of nitrogens with one attached hydrogen (secondary N) is 1. The first-order chi connectivity index (χ1) is 15.1. The van der Waals surface area contributed by atoms with Crippen LogP contribution in [0.5, 0.6) is 5.75 Å². The van der Waals surface area contributed by atoms with Crippen molar-refractivity contribution in [2.45, 2.75) is 31.7 Å². The summed E-state index contributed by atoms with van der Waals surface area (Å²) < 4.78 is 5.59. The van der Waals surface area contributed by atoms with Crippen LogP contribution in [0.1, 0.15) is 47.6 Å². The minimum Gasteiger partial charge on any atom is -0.496 e. The number of likely N-dealkylation sites (tertiary alicyclic amines) is 1. The minimum absolute atomic E-state index is 0.0202. The fourth-order valence-corrected chi connectivity index (χ4v) is 4.70. The van der Waals surface area contributed by atoms with Crippen molar-refractivity contribution in [3.8, 4) is 5.75 Å². The van der Waals surface area contributed by atoms with E-state index in [4.69, 9.17) is 16.3 Å². The highest BCUT2D eigenvalue weighted by Gasteiger charge is 2.29. The second-order valence-corrected chi connectivity index (χ2v) is 8.46. The molecular formula is C24H28ClN3O3. The summed E-state index contributed by atoms with van der Waals surface area (Å²) in [5, 5.41) is 3.62. The molecule has 0 radical (unpaired) electrons. The van der Waals surface area contributed by atoms with Gasteiger partial charge in [0.25, 0.3) is 5.91 Å². The molecule has 0 spiro atoms. The van der Waals surface area contributed by atoms with E-state index in [0.717, 1.165) is 43.7 Å². The largest absolute Gasteiger partial charge is 0.496 e. The van der Waals surface area contributed by atoms with Crippen LogP contribution in [0.4, 0.5) is 5.69 Å². The maximum Gasteiger partial charge on any atom is 0.253 e. The van der Waals surface area contributed by atoms with E-state index in [1.165, 1.54) is 0 Å². The summed E-state index contributed by atoms with van der Waals surface area (Å²) in [5.74, 6) is 0.647. The molecule has 0 aliphatic carbocycles. The molecule has 31 heavy (non-hydrogen) atoms. The number of hydrogen-bond donors (Lipinski definition) is 1. The summed E-state index contributed by atoms with van der Waals surface area (Å²) in [6, 6.07) is 13.1. The maximum atomic E-state index is 13.2. The van der Waals surface area contributed by atoms with Crippen LogP contribution >= 0.6 is 11.6 Å². The van der Waals surface area contributed by atoms with E-state index in [1.54, 1.807) is 30.2 Å². The summed E-state index contributed by atoms with van der Waals surface area (Å²) in [6.07, 6.45) is 3.59. The van der Waals surface area contributed by atoms with Gasteiger partial charge in [-0.25, -0.2) is 0 Å². The topological polar surface area (TPSA) is 61.9 Å². The van der Waals surface area contributed by atoms with Crippen LogP contribution in [0.15, 0.2) is 42.5 Å². The van der Waals surface area contributed by atoms with Gasteiger partial charge in [0.2, 0.25) is 5.91 Å². The molecule has 0 bridgehead atoms. The van der Waals surface area contributed by atoms with Crippen LogP contribution in [-0.4, -0.2) is 50.0 Å². The molecule has 7 heteroatoms. The molecule has 164 valence electrons. The molecular weight excluding hydrogens is 414 g/mol. The number of amides is 2. The van der Waals surface area contributed by atoms with Gasteiger partial charge in [-0.1, -0.05) is 29.8 Å². The summed E-state index contributed by atoms with van der Waals surface area (Å²) in [4.78, 5) is 29.5. The van der Waals surface area contributed by atoms with Gasteiger partial charge in [0.15, 0.2) is 0 Å². The van der Waals surface area contributed by atoms with Gasteiger partial charge >= 0.3 is 0 Å². The zero-order chi connectivity index (χ0) is 21.8. The molecule has 2 heterocycles. The van der Waals surface area contributed by atoms with Gasteiger partial charge in [-0.05, 0) is 56.6 Å². The Morgan fingerprint density at radius 2 is 1.90 bits per heavy atom. The lowest BCUT2D eigenvalue weighted by Crippen LogP contribution is -2.37. The summed E-state index contributed by atoms with van der Waals surface area (Å²) >= 11 is 6.18. The molecule has 0 unspecified atom stereocenters. The lowest BCUT2D eigenvalue weighted by atomic mass is 10.0. The first-order valence-electron chi connectivity index (χ1n) is 10.8. The van der Waals surface area contributed by atoms with Crippen LogP contribution in [-0.2, 0) is 4.79 Å². The van der Waals surface area contributed by atoms with E-state index in [0.29, 0.717) is 35.8 Å². The molecule has 2 fully saturated rings. The average molecular weight is 442 g/mol. The molecule has 2 aliphatic rings. The number of halogens is 1. The molecule has 6 nitrogen and oxygen atoms in total. The average Bonchev–Trinajstić information content (AvgIpc) is 3.46. The molecule has 2 aliphatic heterocycles. The van der Waals surface area contributed by atoms with Crippen LogP contribution in [0.3, 0.4) is 0 Å². The van der Waals surface area contributed by atoms with Gasteiger partial charge < -0.3 is 15.0 Å². The van der Waals surface area contributed by atoms with Crippen molar-refractivity contribution in [1.82, 2.24) is 10.2 Å². The number of para-hydroxylation sites is 1. The smallest absolute Gasteiger partial charge is 0.253 e. The minimum atomic E-state index is -0.203. The molecule has 0 aromatic heterocycles. The van der Waals surface area contributed by atoms with Crippen molar-refractivity contribution in [3.05, 3.63) is 58.6 Å². The van der Waals surface area contributed by atoms with E-state index in [1.807, 2.05) is 18.2 Å². The summed E-state index contributed by atoms with van der Waals surface area (Å²) in [6.45, 7) is 3.05. The van der Waals surface area contributed by atoms with Gasteiger partial charge in [-0.2, -0.15) is 0 Å². The van der Waals surface area contributed by atoms with Crippen LogP contribution in [0, 0.1) is 0 Å². The van der Waals surface area contributed by atoms with Crippen LogP contribution < -0.4 is 15.0 Å². The lowest BCUT2D eigenvalue weighted by Gasteiger charge is -2.29. The maximum absolute atomic E-state index is 13.2. The zero-order valence-corrected chi connectivity index (χ0v) is 18.5. The Labute approximate surface area is 188 Å². The van der Waals surface area contributed by atoms with E-state index in [-0.39, 0.29) is 17.9 Å². The number of carbonyl (C=O) groups excluding carboxylic acids is 2. The van der Waals surface area contributed by atoms with E-state index in [2.05, 4.69) is 16.3 Å². The third kappa shape index (κ3) is 4.70. The fourth-order valence-electron chi connectivity index (χ4n) is 4.54.